The first-order valence-electron chi connectivity index (χ1n) is 7.48. The maximum absolute atomic E-state index is 11.9. The zero-order valence-corrected chi connectivity index (χ0v) is 14.3. The number of halogens is 1. The van der Waals surface area contributed by atoms with E-state index in [1.54, 1.807) is 12.3 Å². The Kier molecular flexibility index (Phi) is 5.61. The van der Waals surface area contributed by atoms with E-state index in [1.165, 1.54) is 0 Å². The second kappa shape index (κ2) is 7.47. The van der Waals surface area contributed by atoms with E-state index in [1.807, 2.05) is 57.2 Å². The molecule has 0 radical (unpaired) electrons. The number of pyridine rings is 1. The molecule has 1 atom stereocenters. The Morgan fingerprint density at radius 2 is 1.96 bits per heavy atom. The number of nitrogens with one attached hydrogen (secondary N) is 1. The van der Waals surface area contributed by atoms with E-state index in [0.717, 1.165) is 11.3 Å². The number of rotatable bonds is 4. The minimum absolute atomic E-state index is 0.0950. The van der Waals surface area contributed by atoms with Crippen LogP contribution in [-0.2, 0) is 4.74 Å². The molecule has 5 heteroatoms. The number of alkyl carbamates (subject to hydrolysis) is 1. The Bertz CT molecular complexity index is 654. The van der Waals surface area contributed by atoms with Crippen molar-refractivity contribution in [3.8, 4) is 0 Å². The van der Waals surface area contributed by atoms with Gasteiger partial charge >= 0.3 is 6.09 Å². The maximum Gasteiger partial charge on any atom is 0.407 e. The first-order valence-corrected chi connectivity index (χ1v) is 7.86. The van der Waals surface area contributed by atoms with Gasteiger partial charge in [0.15, 0.2) is 0 Å². The molecule has 122 valence electrons. The minimum Gasteiger partial charge on any atom is -0.444 e. The Morgan fingerprint density at radius 1 is 1.26 bits per heavy atom. The average Bonchev–Trinajstić information content (AvgIpc) is 2.47. The van der Waals surface area contributed by atoms with Crippen molar-refractivity contribution in [1.82, 2.24) is 10.3 Å². The van der Waals surface area contributed by atoms with Gasteiger partial charge in [-0.1, -0.05) is 41.9 Å². The van der Waals surface area contributed by atoms with Crippen molar-refractivity contribution in [3.63, 3.8) is 0 Å². The van der Waals surface area contributed by atoms with Gasteiger partial charge in [0.1, 0.15) is 5.60 Å². The van der Waals surface area contributed by atoms with E-state index in [9.17, 15) is 4.79 Å². The van der Waals surface area contributed by atoms with E-state index in [-0.39, 0.29) is 5.92 Å². The molecule has 0 aliphatic heterocycles. The lowest BCUT2D eigenvalue weighted by molar-refractivity contribution is 0.0526. The topological polar surface area (TPSA) is 51.2 Å². The molecular formula is C18H21ClN2O2. The largest absolute Gasteiger partial charge is 0.444 e. The van der Waals surface area contributed by atoms with Crippen molar-refractivity contribution in [2.24, 2.45) is 0 Å². The Hall–Kier alpha value is -2.07. The lowest BCUT2D eigenvalue weighted by Crippen LogP contribution is -2.35. The SMILES string of the molecule is CC(C)(C)OC(=O)NC[C@@H](c1ccccc1)c1cc(Cl)ccn1. The molecule has 0 spiro atoms. The van der Waals surface area contributed by atoms with Crippen molar-refractivity contribution >= 4 is 17.7 Å². The molecule has 0 aliphatic rings. The van der Waals surface area contributed by atoms with E-state index in [0.29, 0.717) is 11.6 Å². The van der Waals surface area contributed by atoms with E-state index < -0.39 is 11.7 Å². The van der Waals surface area contributed by atoms with Crippen molar-refractivity contribution in [1.29, 1.82) is 0 Å². The summed E-state index contributed by atoms with van der Waals surface area (Å²) in [4.78, 5) is 16.3. The third kappa shape index (κ3) is 5.57. The lowest BCUT2D eigenvalue weighted by Gasteiger charge is -2.22. The second-order valence-electron chi connectivity index (χ2n) is 6.24. The van der Waals surface area contributed by atoms with Gasteiger partial charge in [-0.15, -0.1) is 0 Å². The second-order valence-corrected chi connectivity index (χ2v) is 6.68. The molecule has 1 aromatic heterocycles. The molecule has 23 heavy (non-hydrogen) atoms. The summed E-state index contributed by atoms with van der Waals surface area (Å²) in [7, 11) is 0. The summed E-state index contributed by atoms with van der Waals surface area (Å²) in [5.74, 6) is -0.0950. The van der Waals surface area contributed by atoms with Crippen LogP contribution in [-0.4, -0.2) is 23.2 Å². The van der Waals surface area contributed by atoms with Gasteiger partial charge in [-0.25, -0.2) is 4.79 Å². The third-order valence-electron chi connectivity index (χ3n) is 3.15. The van der Waals surface area contributed by atoms with Crippen molar-refractivity contribution in [3.05, 3.63) is 64.9 Å². The smallest absolute Gasteiger partial charge is 0.407 e. The predicted molar refractivity (Wildman–Crippen MR) is 91.8 cm³/mol. The molecule has 1 heterocycles. The Morgan fingerprint density at radius 3 is 2.57 bits per heavy atom. The molecule has 0 unspecified atom stereocenters. The summed E-state index contributed by atoms with van der Waals surface area (Å²) < 4.78 is 5.29. The fraction of sp³-hybridized carbons (Fsp3) is 0.333. The highest BCUT2D eigenvalue weighted by Gasteiger charge is 2.20. The van der Waals surface area contributed by atoms with Gasteiger partial charge in [-0.05, 0) is 38.5 Å². The van der Waals surface area contributed by atoms with Crippen molar-refractivity contribution in [2.75, 3.05) is 6.54 Å². The highest BCUT2D eigenvalue weighted by Crippen LogP contribution is 2.24. The van der Waals surface area contributed by atoms with Gasteiger partial charge < -0.3 is 10.1 Å². The lowest BCUT2D eigenvalue weighted by atomic mass is 9.95. The highest BCUT2D eigenvalue weighted by molar-refractivity contribution is 6.30. The summed E-state index contributed by atoms with van der Waals surface area (Å²) >= 11 is 6.07. The molecule has 1 aromatic carbocycles. The third-order valence-corrected chi connectivity index (χ3v) is 3.39. The molecular weight excluding hydrogens is 312 g/mol. The molecule has 0 saturated carbocycles. The van der Waals surface area contributed by atoms with Gasteiger partial charge in [0.2, 0.25) is 0 Å². The summed E-state index contributed by atoms with van der Waals surface area (Å²) in [5, 5.41) is 3.43. The zero-order chi connectivity index (χ0) is 16.9. The molecule has 2 aromatic rings. The number of aromatic nitrogens is 1. The molecule has 2 rings (SSSR count). The first kappa shape index (κ1) is 17.3. The van der Waals surface area contributed by atoms with Gasteiger partial charge in [-0.3, -0.25) is 4.98 Å². The number of nitrogens with zero attached hydrogens (tertiary/aromatic N) is 1. The van der Waals surface area contributed by atoms with Crippen LogP contribution in [0.15, 0.2) is 48.7 Å². The van der Waals surface area contributed by atoms with Crippen molar-refractivity contribution < 1.29 is 9.53 Å². The van der Waals surface area contributed by atoms with Gasteiger partial charge in [0, 0.05) is 23.7 Å². The van der Waals surface area contributed by atoms with Crippen LogP contribution in [0.1, 0.15) is 37.9 Å². The van der Waals surface area contributed by atoms with E-state index >= 15 is 0 Å². The number of ether oxygens (including phenoxy) is 1. The molecule has 0 fully saturated rings. The normalized spacial score (nSPS) is 12.5. The number of amides is 1. The van der Waals surface area contributed by atoms with Crippen LogP contribution in [0.2, 0.25) is 5.02 Å². The minimum atomic E-state index is -0.527. The molecule has 1 N–H and O–H groups in total. The van der Waals surface area contributed by atoms with Crippen LogP contribution < -0.4 is 5.32 Å². The van der Waals surface area contributed by atoms with Crippen LogP contribution in [0.3, 0.4) is 0 Å². The molecule has 0 saturated heterocycles. The van der Waals surface area contributed by atoms with Gasteiger partial charge in [0.25, 0.3) is 0 Å². The summed E-state index contributed by atoms with van der Waals surface area (Å²) in [6, 6.07) is 13.4. The van der Waals surface area contributed by atoms with Gasteiger partial charge in [0.05, 0.1) is 5.69 Å². The number of carbonyl (C=O) groups is 1. The Balaban J connectivity index is 2.17. The highest BCUT2D eigenvalue weighted by atomic mass is 35.5. The fourth-order valence-corrected chi connectivity index (χ4v) is 2.36. The summed E-state index contributed by atoms with van der Waals surface area (Å²) in [5.41, 5.74) is 1.33. The fourth-order valence-electron chi connectivity index (χ4n) is 2.19. The average molecular weight is 333 g/mol. The zero-order valence-electron chi connectivity index (χ0n) is 13.5. The van der Waals surface area contributed by atoms with Crippen LogP contribution in [0.4, 0.5) is 4.79 Å². The van der Waals surface area contributed by atoms with Crippen LogP contribution >= 0.6 is 11.6 Å². The quantitative estimate of drug-likeness (QED) is 0.903. The monoisotopic (exact) mass is 332 g/mol. The summed E-state index contributed by atoms with van der Waals surface area (Å²) in [6.45, 7) is 5.88. The number of hydrogen-bond acceptors (Lipinski definition) is 3. The van der Waals surface area contributed by atoms with Crippen LogP contribution in [0.25, 0.3) is 0 Å². The van der Waals surface area contributed by atoms with Crippen LogP contribution in [0.5, 0.6) is 0 Å². The molecule has 0 aliphatic carbocycles. The van der Waals surface area contributed by atoms with Crippen LogP contribution in [0, 0.1) is 0 Å². The number of benzene rings is 1. The summed E-state index contributed by atoms with van der Waals surface area (Å²) in [6.07, 6.45) is 1.22. The van der Waals surface area contributed by atoms with E-state index in [2.05, 4.69) is 10.3 Å². The standard InChI is InChI=1S/C18H21ClN2O2/c1-18(2,3)23-17(22)21-12-15(13-7-5-4-6-8-13)16-11-14(19)9-10-20-16/h4-11,15H,12H2,1-3H3,(H,21,22)/t15-/m0/s1. The van der Waals surface area contributed by atoms with Gasteiger partial charge in [-0.2, -0.15) is 0 Å². The number of carbonyl (C=O) groups excluding carboxylic acids is 1. The Labute approximate surface area is 141 Å². The van der Waals surface area contributed by atoms with E-state index in [4.69, 9.17) is 16.3 Å². The molecule has 4 nitrogen and oxygen atoms in total. The van der Waals surface area contributed by atoms with Crippen molar-refractivity contribution in [2.45, 2.75) is 32.3 Å². The first-order chi connectivity index (χ1) is 10.8. The predicted octanol–water partition coefficient (Wildman–Crippen LogP) is 4.39. The molecule has 0 bridgehead atoms. The molecule has 1 amide bonds. The number of hydrogen-bond donors (Lipinski definition) is 1. The maximum atomic E-state index is 11.9.